The summed E-state index contributed by atoms with van der Waals surface area (Å²) in [5, 5.41) is 0. The Hall–Kier alpha value is -2.83. The van der Waals surface area contributed by atoms with E-state index in [1.807, 2.05) is 24.3 Å². The third-order valence-corrected chi connectivity index (χ3v) is 3.10. The Morgan fingerprint density at radius 2 is 2.20 bits per heavy atom. The predicted octanol–water partition coefficient (Wildman–Crippen LogP) is 0.759. The van der Waals surface area contributed by atoms with Gasteiger partial charge in [0.05, 0.1) is 20.0 Å². The minimum absolute atomic E-state index is 0.125. The molecular formula is C13H13N5O2. The van der Waals surface area contributed by atoms with E-state index in [1.165, 1.54) is 10.9 Å². The van der Waals surface area contributed by atoms with Gasteiger partial charge < -0.3 is 15.5 Å². The van der Waals surface area contributed by atoms with Gasteiger partial charge in [0.25, 0.3) is 5.56 Å². The number of fused-ring (bicyclic) bond motifs is 1. The molecule has 3 N–H and O–H groups in total. The molecule has 0 aliphatic heterocycles. The molecule has 2 aromatic heterocycles. The number of hydrogen-bond donors (Lipinski definition) is 2. The first kappa shape index (κ1) is 12.2. The molecule has 0 fully saturated rings. The van der Waals surface area contributed by atoms with Gasteiger partial charge in [-0.15, -0.1) is 0 Å². The zero-order valence-corrected chi connectivity index (χ0v) is 10.8. The Bertz CT molecular complexity index is 821. The number of methoxy groups -OCH3 is 1. The number of anilines is 1. The van der Waals surface area contributed by atoms with Crippen molar-refractivity contribution in [2.24, 2.45) is 0 Å². The van der Waals surface area contributed by atoms with Gasteiger partial charge >= 0.3 is 0 Å². The number of nitrogens with zero attached hydrogens (tertiary/aromatic N) is 3. The van der Waals surface area contributed by atoms with E-state index in [9.17, 15) is 4.79 Å². The van der Waals surface area contributed by atoms with Gasteiger partial charge in [0.1, 0.15) is 5.75 Å². The van der Waals surface area contributed by atoms with Crippen LogP contribution in [0.5, 0.6) is 5.75 Å². The molecule has 102 valence electrons. The number of aromatic amines is 1. The van der Waals surface area contributed by atoms with Crippen molar-refractivity contribution in [3.63, 3.8) is 0 Å². The Balaban J connectivity index is 2.13. The number of benzene rings is 1. The number of imidazole rings is 1. The first-order chi connectivity index (χ1) is 9.70. The van der Waals surface area contributed by atoms with E-state index in [2.05, 4.69) is 15.0 Å². The number of nitrogens with one attached hydrogen (secondary N) is 1. The van der Waals surface area contributed by atoms with Gasteiger partial charge in [-0.05, 0) is 6.07 Å². The molecule has 2 heterocycles. The molecule has 3 rings (SSSR count). The maximum atomic E-state index is 12.3. The van der Waals surface area contributed by atoms with Crippen molar-refractivity contribution in [1.29, 1.82) is 0 Å². The summed E-state index contributed by atoms with van der Waals surface area (Å²) in [6.45, 7) is 0.288. The largest absolute Gasteiger partial charge is 0.496 e. The van der Waals surface area contributed by atoms with Gasteiger partial charge in [0.15, 0.2) is 11.2 Å². The van der Waals surface area contributed by atoms with Crippen LogP contribution in [0, 0.1) is 0 Å². The normalized spacial score (nSPS) is 10.8. The highest BCUT2D eigenvalue weighted by Crippen LogP contribution is 2.19. The fourth-order valence-electron chi connectivity index (χ4n) is 2.09. The molecule has 7 nitrogen and oxygen atoms in total. The number of H-pyrrole nitrogens is 1. The Morgan fingerprint density at radius 3 is 3.00 bits per heavy atom. The van der Waals surface area contributed by atoms with E-state index in [0.29, 0.717) is 16.9 Å². The monoisotopic (exact) mass is 271 g/mol. The summed E-state index contributed by atoms with van der Waals surface area (Å²) in [7, 11) is 1.58. The second kappa shape index (κ2) is 4.69. The van der Waals surface area contributed by atoms with Gasteiger partial charge in [-0.1, -0.05) is 18.2 Å². The average molecular weight is 271 g/mol. The third kappa shape index (κ3) is 1.89. The van der Waals surface area contributed by atoms with Crippen molar-refractivity contribution in [3.8, 4) is 5.75 Å². The van der Waals surface area contributed by atoms with Gasteiger partial charge in [-0.25, -0.2) is 4.98 Å². The molecule has 0 saturated heterocycles. The van der Waals surface area contributed by atoms with Crippen LogP contribution in [0.4, 0.5) is 5.95 Å². The smallest absolute Gasteiger partial charge is 0.281 e. The van der Waals surface area contributed by atoms with E-state index >= 15 is 0 Å². The molecule has 0 amide bonds. The lowest BCUT2D eigenvalue weighted by molar-refractivity contribution is 0.408. The van der Waals surface area contributed by atoms with Crippen molar-refractivity contribution in [2.75, 3.05) is 12.8 Å². The molecule has 3 aromatic rings. The van der Waals surface area contributed by atoms with Crippen LogP contribution in [0.1, 0.15) is 5.56 Å². The van der Waals surface area contributed by atoms with Crippen LogP contribution in [0.3, 0.4) is 0 Å². The first-order valence-electron chi connectivity index (χ1n) is 6.02. The number of hydrogen-bond acceptors (Lipinski definition) is 5. The molecular weight excluding hydrogens is 258 g/mol. The molecule has 0 aliphatic carbocycles. The number of nitrogens with two attached hydrogens (primary N) is 1. The molecule has 0 radical (unpaired) electrons. The summed E-state index contributed by atoms with van der Waals surface area (Å²) in [4.78, 5) is 23.2. The summed E-state index contributed by atoms with van der Waals surface area (Å²) in [5.41, 5.74) is 7.11. The lowest BCUT2D eigenvalue weighted by Crippen LogP contribution is -2.25. The van der Waals surface area contributed by atoms with Crippen LogP contribution < -0.4 is 16.0 Å². The van der Waals surface area contributed by atoms with Crippen molar-refractivity contribution >= 4 is 17.1 Å². The average Bonchev–Trinajstić information content (AvgIpc) is 2.92. The van der Waals surface area contributed by atoms with Crippen LogP contribution >= 0.6 is 0 Å². The highest BCUT2D eigenvalue weighted by molar-refractivity contribution is 5.69. The van der Waals surface area contributed by atoms with Gasteiger partial charge in [0.2, 0.25) is 5.95 Å². The summed E-state index contributed by atoms with van der Waals surface area (Å²) in [5.74, 6) is 0.823. The van der Waals surface area contributed by atoms with E-state index in [1.54, 1.807) is 7.11 Å². The lowest BCUT2D eigenvalue weighted by Gasteiger charge is -2.11. The number of aromatic nitrogens is 4. The van der Waals surface area contributed by atoms with Gasteiger partial charge in [-0.2, -0.15) is 4.98 Å². The van der Waals surface area contributed by atoms with Crippen LogP contribution in [0.2, 0.25) is 0 Å². The minimum Gasteiger partial charge on any atom is -0.496 e. The van der Waals surface area contributed by atoms with Gasteiger partial charge in [0, 0.05) is 5.56 Å². The molecule has 0 bridgehead atoms. The third-order valence-electron chi connectivity index (χ3n) is 3.10. The Kier molecular flexibility index (Phi) is 2.86. The summed E-state index contributed by atoms with van der Waals surface area (Å²) in [6, 6.07) is 7.45. The second-order valence-corrected chi connectivity index (χ2v) is 4.27. The molecule has 1 aromatic carbocycles. The topological polar surface area (TPSA) is 98.8 Å². The molecule has 0 unspecified atom stereocenters. The number of nitrogen functional groups attached to an aromatic ring is 1. The number of rotatable bonds is 3. The van der Waals surface area contributed by atoms with E-state index in [4.69, 9.17) is 10.5 Å². The minimum atomic E-state index is -0.254. The fourth-order valence-corrected chi connectivity index (χ4v) is 2.09. The Morgan fingerprint density at radius 1 is 1.40 bits per heavy atom. The predicted molar refractivity (Wildman–Crippen MR) is 74.7 cm³/mol. The molecule has 0 aliphatic rings. The van der Waals surface area contributed by atoms with E-state index in [0.717, 1.165) is 5.56 Å². The van der Waals surface area contributed by atoms with Crippen molar-refractivity contribution in [2.45, 2.75) is 6.54 Å². The van der Waals surface area contributed by atoms with Crippen molar-refractivity contribution in [1.82, 2.24) is 19.5 Å². The maximum Gasteiger partial charge on any atom is 0.281 e. The second-order valence-electron chi connectivity index (χ2n) is 4.27. The molecule has 0 atom stereocenters. The molecule has 0 saturated carbocycles. The van der Waals surface area contributed by atoms with Gasteiger partial charge in [-0.3, -0.25) is 9.36 Å². The molecule has 0 spiro atoms. The quantitative estimate of drug-likeness (QED) is 0.732. The summed E-state index contributed by atoms with van der Waals surface area (Å²) < 4.78 is 6.66. The van der Waals surface area contributed by atoms with Crippen LogP contribution in [0.25, 0.3) is 11.2 Å². The van der Waals surface area contributed by atoms with E-state index < -0.39 is 0 Å². The lowest BCUT2D eigenvalue weighted by atomic mass is 10.2. The molecule has 7 heteroatoms. The van der Waals surface area contributed by atoms with Crippen LogP contribution in [-0.4, -0.2) is 26.6 Å². The first-order valence-corrected chi connectivity index (χ1v) is 6.02. The van der Waals surface area contributed by atoms with Crippen molar-refractivity contribution in [3.05, 3.63) is 46.5 Å². The number of para-hydroxylation sites is 1. The highest BCUT2D eigenvalue weighted by Gasteiger charge is 2.12. The van der Waals surface area contributed by atoms with E-state index in [-0.39, 0.29) is 18.1 Å². The van der Waals surface area contributed by atoms with Crippen molar-refractivity contribution < 1.29 is 4.74 Å². The standard InChI is InChI=1S/C13H13N5O2/c1-20-9-5-3-2-4-8(9)6-18-12(19)10-11(16-7-15-10)17-13(18)14/h2-5,7H,6H2,1H3,(H2,14,17)(H,15,16). The maximum absolute atomic E-state index is 12.3. The zero-order chi connectivity index (χ0) is 14.1. The number of ether oxygens (including phenoxy) is 1. The fraction of sp³-hybridized carbons (Fsp3) is 0.154. The summed E-state index contributed by atoms with van der Waals surface area (Å²) in [6.07, 6.45) is 1.42. The van der Waals surface area contributed by atoms with Crippen LogP contribution in [0.15, 0.2) is 35.4 Å². The zero-order valence-electron chi connectivity index (χ0n) is 10.8. The highest BCUT2D eigenvalue weighted by atomic mass is 16.5. The summed E-state index contributed by atoms with van der Waals surface area (Å²) >= 11 is 0. The SMILES string of the molecule is COc1ccccc1Cn1c(N)nc2nc[nH]c2c1=O. The Labute approximate surface area is 114 Å². The molecule has 20 heavy (non-hydrogen) atoms. The van der Waals surface area contributed by atoms with Crippen LogP contribution in [-0.2, 0) is 6.54 Å².